The molecule has 1 aromatic carbocycles. The molecule has 0 aliphatic rings. The third-order valence-corrected chi connectivity index (χ3v) is 2.46. The molecule has 0 aliphatic carbocycles. The standard InChI is InChI=1S/C10H8BrFN2O/c11-7-4-13-14(5-7)10-3-1-2-9(12)8(10)6-15/h1-5,15H,6H2. The largest absolute Gasteiger partial charge is 0.391 e. The fourth-order valence-electron chi connectivity index (χ4n) is 1.35. The molecule has 15 heavy (non-hydrogen) atoms. The zero-order valence-corrected chi connectivity index (χ0v) is 9.28. The molecule has 0 aliphatic heterocycles. The summed E-state index contributed by atoms with van der Waals surface area (Å²) in [6.45, 7) is -0.348. The molecule has 2 rings (SSSR count). The smallest absolute Gasteiger partial charge is 0.130 e. The van der Waals surface area contributed by atoms with Crippen molar-refractivity contribution < 1.29 is 9.50 Å². The van der Waals surface area contributed by atoms with E-state index in [0.717, 1.165) is 4.47 Å². The number of aliphatic hydroxyl groups excluding tert-OH is 1. The van der Waals surface area contributed by atoms with Crippen molar-refractivity contribution in [2.75, 3.05) is 0 Å². The van der Waals surface area contributed by atoms with E-state index in [4.69, 9.17) is 5.11 Å². The maximum absolute atomic E-state index is 13.3. The fourth-order valence-corrected chi connectivity index (χ4v) is 1.64. The molecule has 0 spiro atoms. The van der Waals surface area contributed by atoms with Crippen molar-refractivity contribution >= 4 is 15.9 Å². The molecule has 1 heterocycles. The Balaban J connectivity index is 2.57. The van der Waals surface area contributed by atoms with Gasteiger partial charge in [0.15, 0.2) is 0 Å². The third-order valence-electron chi connectivity index (χ3n) is 2.05. The summed E-state index contributed by atoms with van der Waals surface area (Å²) in [5.41, 5.74) is 0.788. The van der Waals surface area contributed by atoms with Gasteiger partial charge in [-0.15, -0.1) is 0 Å². The lowest BCUT2D eigenvalue weighted by atomic mass is 10.2. The lowest BCUT2D eigenvalue weighted by Gasteiger charge is -2.07. The Labute approximate surface area is 94.3 Å². The molecule has 3 nitrogen and oxygen atoms in total. The first-order valence-corrected chi connectivity index (χ1v) is 5.10. The van der Waals surface area contributed by atoms with E-state index in [2.05, 4.69) is 21.0 Å². The molecule has 0 bridgehead atoms. The Morgan fingerprint density at radius 2 is 2.27 bits per heavy atom. The zero-order chi connectivity index (χ0) is 10.8. The normalized spacial score (nSPS) is 10.6. The lowest BCUT2D eigenvalue weighted by molar-refractivity contribution is 0.275. The maximum Gasteiger partial charge on any atom is 0.130 e. The highest BCUT2D eigenvalue weighted by Crippen LogP contribution is 2.19. The predicted octanol–water partition coefficient (Wildman–Crippen LogP) is 2.27. The second kappa shape index (κ2) is 4.12. The van der Waals surface area contributed by atoms with Crippen LogP contribution in [0.5, 0.6) is 0 Å². The van der Waals surface area contributed by atoms with E-state index in [1.54, 1.807) is 24.5 Å². The molecule has 0 atom stereocenters. The number of rotatable bonds is 2. The fraction of sp³-hybridized carbons (Fsp3) is 0.100. The van der Waals surface area contributed by atoms with E-state index >= 15 is 0 Å². The van der Waals surface area contributed by atoms with Crippen LogP contribution in [0.3, 0.4) is 0 Å². The SMILES string of the molecule is OCc1c(F)cccc1-n1cc(Br)cn1. The van der Waals surface area contributed by atoms with Crippen LogP contribution in [-0.2, 0) is 6.61 Å². The Morgan fingerprint density at radius 3 is 2.87 bits per heavy atom. The van der Waals surface area contributed by atoms with Crippen LogP contribution in [-0.4, -0.2) is 14.9 Å². The second-order valence-electron chi connectivity index (χ2n) is 3.00. The average Bonchev–Trinajstić information content (AvgIpc) is 2.64. The first kappa shape index (κ1) is 10.3. The molecule has 0 saturated carbocycles. The maximum atomic E-state index is 13.3. The van der Waals surface area contributed by atoms with Crippen LogP contribution in [0.15, 0.2) is 35.1 Å². The molecule has 2 aromatic rings. The van der Waals surface area contributed by atoms with E-state index in [-0.39, 0.29) is 12.2 Å². The Kier molecular flexibility index (Phi) is 2.83. The minimum absolute atomic E-state index is 0.244. The molecular weight excluding hydrogens is 263 g/mol. The monoisotopic (exact) mass is 270 g/mol. The number of halogens is 2. The molecule has 1 aromatic heterocycles. The second-order valence-corrected chi connectivity index (χ2v) is 3.91. The zero-order valence-electron chi connectivity index (χ0n) is 7.69. The van der Waals surface area contributed by atoms with Gasteiger partial charge in [0.05, 0.1) is 23.0 Å². The van der Waals surface area contributed by atoms with E-state index in [9.17, 15) is 4.39 Å². The van der Waals surface area contributed by atoms with Crippen molar-refractivity contribution in [2.45, 2.75) is 6.61 Å². The van der Waals surface area contributed by atoms with Gasteiger partial charge in [0.25, 0.3) is 0 Å². The van der Waals surface area contributed by atoms with Crippen molar-refractivity contribution in [3.63, 3.8) is 0 Å². The summed E-state index contributed by atoms with van der Waals surface area (Å²) in [6, 6.07) is 4.60. The quantitative estimate of drug-likeness (QED) is 0.909. The molecule has 78 valence electrons. The summed E-state index contributed by atoms with van der Waals surface area (Å²) in [5, 5.41) is 13.1. The molecule has 1 N–H and O–H groups in total. The minimum atomic E-state index is -0.429. The molecule has 0 saturated heterocycles. The highest BCUT2D eigenvalue weighted by molar-refractivity contribution is 9.10. The van der Waals surface area contributed by atoms with Crippen LogP contribution >= 0.6 is 15.9 Å². The van der Waals surface area contributed by atoms with Crippen LogP contribution in [0.1, 0.15) is 5.56 Å². The van der Waals surface area contributed by atoms with Crippen molar-refractivity contribution in [2.24, 2.45) is 0 Å². The van der Waals surface area contributed by atoms with Gasteiger partial charge >= 0.3 is 0 Å². The van der Waals surface area contributed by atoms with Crippen LogP contribution in [0.4, 0.5) is 4.39 Å². The van der Waals surface area contributed by atoms with E-state index in [0.29, 0.717) is 5.69 Å². The van der Waals surface area contributed by atoms with E-state index in [1.807, 2.05) is 0 Å². The van der Waals surface area contributed by atoms with Gasteiger partial charge in [-0.05, 0) is 28.1 Å². The Morgan fingerprint density at radius 1 is 1.47 bits per heavy atom. The Hall–Kier alpha value is -1.20. The topological polar surface area (TPSA) is 38.0 Å². The number of aromatic nitrogens is 2. The molecule has 5 heteroatoms. The van der Waals surface area contributed by atoms with Crippen LogP contribution < -0.4 is 0 Å². The summed E-state index contributed by atoms with van der Waals surface area (Å²) in [5.74, 6) is -0.429. The van der Waals surface area contributed by atoms with E-state index in [1.165, 1.54) is 10.7 Å². The highest BCUT2D eigenvalue weighted by atomic mass is 79.9. The van der Waals surface area contributed by atoms with Crippen molar-refractivity contribution in [3.8, 4) is 5.69 Å². The van der Waals surface area contributed by atoms with E-state index < -0.39 is 5.82 Å². The summed E-state index contributed by atoms with van der Waals surface area (Å²) in [4.78, 5) is 0. The summed E-state index contributed by atoms with van der Waals surface area (Å²) in [7, 11) is 0. The molecule has 0 unspecified atom stereocenters. The van der Waals surface area contributed by atoms with Gasteiger partial charge in [-0.1, -0.05) is 6.07 Å². The van der Waals surface area contributed by atoms with Gasteiger partial charge in [0, 0.05) is 11.8 Å². The van der Waals surface area contributed by atoms with Gasteiger partial charge in [-0.3, -0.25) is 0 Å². The first-order valence-electron chi connectivity index (χ1n) is 4.31. The number of aliphatic hydroxyl groups is 1. The van der Waals surface area contributed by atoms with Gasteiger partial charge in [-0.2, -0.15) is 5.10 Å². The average molecular weight is 271 g/mol. The van der Waals surface area contributed by atoms with Crippen molar-refractivity contribution in [1.29, 1.82) is 0 Å². The molecule has 0 fully saturated rings. The summed E-state index contributed by atoms with van der Waals surface area (Å²) in [6.07, 6.45) is 3.31. The first-order chi connectivity index (χ1) is 7.22. The molecule has 0 radical (unpaired) electrons. The summed E-state index contributed by atoms with van der Waals surface area (Å²) < 4.78 is 15.6. The number of hydrogen-bond donors (Lipinski definition) is 1. The number of benzene rings is 1. The molecule has 0 amide bonds. The van der Waals surface area contributed by atoms with Crippen molar-refractivity contribution in [1.82, 2.24) is 9.78 Å². The van der Waals surface area contributed by atoms with Gasteiger partial charge in [-0.25, -0.2) is 9.07 Å². The number of hydrogen-bond acceptors (Lipinski definition) is 2. The minimum Gasteiger partial charge on any atom is -0.391 e. The predicted molar refractivity (Wildman–Crippen MR) is 57.1 cm³/mol. The Bertz CT molecular complexity index is 484. The number of nitrogens with zero attached hydrogens (tertiary/aromatic N) is 2. The van der Waals surface area contributed by atoms with Crippen LogP contribution in [0, 0.1) is 5.82 Å². The highest BCUT2D eigenvalue weighted by Gasteiger charge is 2.09. The van der Waals surface area contributed by atoms with Crippen LogP contribution in [0.2, 0.25) is 0 Å². The third kappa shape index (κ3) is 1.93. The lowest BCUT2D eigenvalue weighted by Crippen LogP contribution is -2.02. The van der Waals surface area contributed by atoms with Gasteiger partial charge in [0.1, 0.15) is 5.82 Å². The summed E-state index contributed by atoms with van der Waals surface area (Å²) >= 11 is 3.25. The van der Waals surface area contributed by atoms with Gasteiger partial charge in [0.2, 0.25) is 0 Å². The van der Waals surface area contributed by atoms with Crippen molar-refractivity contribution in [3.05, 3.63) is 46.4 Å². The van der Waals surface area contributed by atoms with Gasteiger partial charge < -0.3 is 5.11 Å². The van der Waals surface area contributed by atoms with Crippen LogP contribution in [0.25, 0.3) is 5.69 Å². The molecular formula is C10H8BrFN2O.